The molecule has 0 spiro atoms. The second-order valence-electron chi connectivity index (χ2n) is 7.34. The molecule has 0 amide bonds. The van der Waals surface area contributed by atoms with Crippen LogP contribution in [0.25, 0.3) is 27.8 Å². The zero-order valence-corrected chi connectivity index (χ0v) is 15.9. The van der Waals surface area contributed by atoms with Gasteiger partial charge in [0.25, 0.3) is 0 Å². The Morgan fingerprint density at radius 2 is 2.07 bits per heavy atom. The number of benzene rings is 1. The summed E-state index contributed by atoms with van der Waals surface area (Å²) < 4.78 is 1.85. The van der Waals surface area contributed by atoms with Gasteiger partial charge in [-0.05, 0) is 24.5 Å². The number of H-pyrrole nitrogens is 1. The van der Waals surface area contributed by atoms with Gasteiger partial charge in [-0.1, -0.05) is 51.3 Å². The minimum Gasteiger partial charge on any atom is -0.382 e. The highest BCUT2D eigenvalue weighted by molar-refractivity contribution is 5.91. The number of anilines is 1. The molecule has 0 aliphatic rings. The highest BCUT2D eigenvalue weighted by Crippen LogP contribution is 2.30. The van der Waals surface area contributed by atoms with Crippen LogP contribution >= 0.6 is 0 Å². The number of nitrogens with two attached hydrogens (primary N) is 1. The molecule has 6 nitrogen and oxygen atoms in total. The lowest BCUT2D eigenvalue weighted by molar-refractivity contribution is 0.466. The highest BCUT2D eigenvalue weighted by atomic mass is 15.3. The first-order valence-electron chi connectivity index (χ1n) is 9.73. The zero-order chi connectivity index (χ0) is 18.8. The van der Waals surface area contributed by atoms with Gasteiger partial charge in [0.05, 0.1) is 5.69 Å². The van der Waals surface area contributed by atoms with Crippen molar-refractivity contribution in [3.8, 4) is 11.4 Å². The molecule has 1 atom stereocenters. The molecule has 0 bridgehead atoms. The Balaban J connectivity index is 1.70. The Morgan fingerprint density at radius 3 is 2.89 bits per heavy atom. The van der Waals surface area contributed by atoms with Crippen LogP contribution in [0.5, 0.6) is 0 Å². The molecule has 1 aromatic carbocycles. The summed E-state index contributed by atoms with van der Waals surface area (Å²) in [4.78, 5) is 12.5. The standard InChI is InChI=1S/C21H26N6/c1-3-7-14(2)8-6-11-18-26-19(20-21(22)23-13-24-27(18)20)17-12-15-9-4-5-10-16(15)25-17/h4-5,9-10,12-14,25H,3,6-8,11H2,1-2H3,(H2,22,23,24)/t14-/m1/s1. The van der Waals surface area contributed by atoms with Gasteiger partial charge in [-0.25, -0.2) is 14.5 Å². The van der Waals surface area contributed by atoms with Crippen molar-refractivity contribution in [3.63, 3.8) is 0 Å². The molecule has 6 heteroatoms. The summed E-state index contributed by atoms with van der Waals surface area (Å²) in [6.45, 7) is 4.56. The van der Waals surface area contributed by atoms with Gasteiger partial charge in [-0.2, -0.15) is 5.10 Å². The molecule has 0 aliphatic heterocycles. The van der Waals surface area contributed by atoms with Crippen LogP contribution in [0.1, 0.15) is 45.4 Å². The van der Waals surface area contributed by atoms with E-state index in [1.165, 1.54) is 25.6 Å². The Morgan fingerprint density at radius 1 is 1.22 bits per heavy atom. The molecule has 4 aromatic rings. The van der Waals surface area contributed by atoms with Crippen LogP contribution in [0.2, 0.25) is 0 Å². The van der Waals surface area contributed by atoms with Crippen LogP contribution < -0.4 is 5.73 Å². The lowest BCUT2D eigenvalue weighted by Crippen LogP contribution is -2.03. The van der Waals surface area contributed by atoms with E-state index < -0.39 is 0 Å². The van der Waals surface area contributed by atoms with E-state index in [-0.39, 0.29) is 0 Å². The van der Waals surface area contributed by atoms with E-state index in [2.05, 4.69) is 47.1 Å². The average molecular weight is 362 g/mol. The van der Waals surface area contributed by atoms with E-state index >= 15 is 0 Å². The van der Waals surface area contributed by atoms with E-state index in [0.29, 0.717) is 5.82 Å². The quantitative estimate of drug-likeness (QED) is 0.502. The summed E-state index contributed by atoms with van der Waals surface area (Å²) in [5.41, 5.74) is 9.82. The molecule has 140 valence electrons. The fourth-order valence-corrected chi connectivity index (χ4v) is 3.81. The lowest BCUT2D eigenvalue weighted by atomic mass is 9.99. The van der Waals surface area contributed by atoms with Gasteiger partial charge in [-0.3, -0.25) is 0 Å². The van der Waals surface area contributed by atoms with Gasteiger partial charge in [0, 0.05) is 17.3 Å². The van der Waals surface area contributed by atoms with Crippen molar-refractivity contribution in [1.82, 2.24) is 24.6 Å². The summed E-state index contributed by atoms with van der Waals surface area (Å²) in [5.74, 6) is 2.14. The highest BCUT2D eigenvalue weighted by Gasteiger charge is 2.18. The van der Waals surface area contributed by atoms with E-state index in [1.807, 2.05) is 16.6 Å². The largest absolute Gasteiger partial charge is 0.382 e. The van der Waals surface area contributed by atoms with Gasteiger partial charge in [0.15, 0.2) is 5.82 Å². The number of para-hydroxylation sites is 1. The van der Waals surface area contributed by atoms with Crippen LogP contribution in [-0.4, -0.2) is 24.6 Å². The minimum atomic E-state index is 0.455. The van der Waals surface area contributed by atoms with E-state index in [0.717, 1.165) is 52.4 Å². The summed E-state index contributed by atoms with van der Waals surface area (Å²) in [5, 5.41) is 5.58. The number of fused-ring (bicyclic) bond motifs is 2. The van der Waals surface area contributed by atoms with Crippen LogP contribution in [0.4, 0.5) is 5.82 Å². The molecule has 0 saturated carbocycles. The molecule has 3 N–H and O–H groups in total. The average Bonchev–Trinajstić information content (AvgIpc) is 3.24. The third-order valence-corrected chi connectivity index (χ3v) is 5.19. The van der Waals surface area contributed by atoms with Gasteiger partial charge in [-0.15, -0.1) is 0 Å². The molecule has 27 heavy (non-hydrogen) atoms. The number of imidazole rings is 1. The van der Waals surface area contributed by atoms with Gasteiger partial charge < -0.3 is 10.7 Å². The normalized spacial score (nSPS) is 12.8. The summed E-state index contributed by atoms with van der Waals surface area (Å²) >= 11 is 0. The number of nitrogen functional groups attached to an aromatic ring is 1. The molecule has 0 radical (unpaired) electrons. The van der Waals surface area contributed by atoms with Crippen molar-refractivity contribution in [3.05, 3.63) is 42.5 Å². The smallest absolute Gasteiger partial charge is 0.153 e. The summed E-state index contributed by atoms with van der Waals surface area (Å²) in [7, 11) is 0. The van der Waals surface area contributed by atoms with Crippen molar-refractivity contribution >= 4 is 22.2 Å². The fourth-order valence-electron chi connectivity index (χ4n) is 3.81. The maximum atomic E-state index is 6.19. The lowest BCUT2D eigenvalue weighted by Gasteiger charge is -2.08. The number of aryl methyl sites for hydroxylation is 1. The number of hydrogen-bond donors (Lipinski definition) is 2. The third-order valence-electron chi connectivity index (χ3n) is 5.19. The number of aromatic nitrogens is 5. The zero-order valence-electron chi connectivity index (χ0n) is 15.9. The molecular formula is C21H26N6. The van der Waals surface area contributed by atoms with Crippen molar-refractivity contribution < 1.29 is 0 Å². The Hall–Kier alpha value is -2.89. The van der Waals surface area contributed by atoms with Crippen molar-refractivity contribution in [1.29, 1.82) is 0 Å². The van der Waals surface area contributed by atoms with Gasteiger partial charge in [0.1, 0.15) is 23.4 Å². The SMILES string of the molecule is CCC[C@@H](C)CCCc1nc(-c2cc3ccccc3[nH]2)c2c(N)ncnn12. The van der Waals surface area contributed by atoms with Crippen molar-refractivity contribution in [2.24, 2.45) is 5.92 Å². The van der Waals surface area contributed by atoms with E-state index in [1.54, 1.807) is 0 Å². The molecule has 3 heterocycles. The van der Waals surface area contributed by atoms with E-state index in [9.17, 15) is 0 Å². The molecule has 0 aliphatic carbocycles. The maximum Gasteiger partial charge on any atom is 0.153 e. The predicted molar refractivity (Wildman–Crippen MR) is 109 cm³/mol. The minimum absolute atomic E-state index is 0.455. The van der Waals surface area contributed by atoms with Gasteiger partial charge in [0.2, 0.25) is 0 Å². The number of nitrogens with zero attached hydrogens (tertiary/aromatic N) is 4. The van der Waals surface area contributed by atoms with Crippen LogP contribution in [-0.2, 0) is 6.42 Å². The second-order valence-corrected chi connectivity index (χ2v) is 7.34. The summed E-state index contributed by atoms with van der Waals surface area (Å²) in [6.07, 6.45) is 7.19. The number of hydrogen-bond acceptors (Lipinski definition) is 4. The third kappa shape index (κ3) is 3.39. The molecular weight excluding hydrogens is 336 g/mol. The Bertz CT molecular complexity index is 1030. The van der Waals surface area contributed by atoms with Crippen molar-refractivity contribution in [2.45, 2.75) is 46.0 Å². The van der Waals surface area contributed by atoms with Crippen LogP contribution in [0, 0.1) is 5.92 Å². The predicted octanol–water partition coefficient (Wildman–Crippen LogP) is 4.61. The van der Waals surface area contributed by atoms with Crippen LogP contribution in [0.15, 0.2) is 36.7 Å². The maximum absolute atomic E-state index is 6.19. The molecule has 3 aromatic heterocycles. The first-order chi connectivity index (χ1) is 13.2. The van der Waals surface area contributed by atoms with E-state index in [4.69, 9.17) is 10.7 Å². The molecule has 0 fully saturated rings. The monoisotopic (exact) mass is 362 g/mol. The van der Waals surface area contributed by atoms with Crippen molar-refractivity contribution in [2.75, 3.05) is 5.73 Å². The first kappa shape index (κ1) is 17.5. The molecule has 0 saturated heterocycles. The number of rotatable bonds is 7. The molecule has 0 unspecified atom stereocenters. The topological polar surface area (TPSA) is 84.9 Å². The number of aromatic amines is 1. The Kier molecular flexibility index (Phi) is 4.79. The Labute approximate surface area is 158 Å². The van der Waals surface area contributed by atoms with Crippen LogP contribution in [0.3, 0.4) is 0 Å². The first-order valence-corrected chi connectivity index (χ1v) is 9.73. The second kappa shape index (κ2) is 7.39. The summed E-state index contributed by atoms with van der Waals surface area (Å²) in [6, 6.07) is 10.3. The van der Waals surface area contributed by atoms with Gasteiger partial charge >= 0.3 is 0 Å². The molecule has 4 rings (SSSR count). The fraction of sp³-hybridized carbons (Fsp3) is 0.381. The number of nitrogens with one attached hydrogen (secondary N) is 1.